The van der Waals surface area contributed by atoms with Gasteiger partial charge in [0.25, 0.3) is 0 Å². The molecule has 3 aromatic rings. The van der Waals surface area contributed by atoms with Crippen LogP contribution in [0.4, 0.5) is 5.69 Å². The van der Waals surface area contributed by atoms with E-state index in [1.165, 1.54) is 11.8 Å². The van der Waals surface area contributed by atoms with Gasteiger partial charge in [-0.25, -0.2) is 0 Å². The van der Waals surface area contributed by atoms with Crippen LogP contribution in [0.2, 0.25) is 0 Å². The minimum absolute atomic E-state index is 0.0584. The molecule has 1 atom stereocenters. The molecule has 6 nitrogen and oxygen atoms in total. The molecular formula is C22H26N4O2S. The number of hydrogen-bond donors (Lipinski definition) is 1. The average molecular weight is 411 g/mol. The molecule has 1 aromatic heterocycles. The molecule has 1 N–H and O–H groups in total. The van der Waals surface area contributed by atoms with E-state index in [9.17, 15) is 4.79 Å². The summed E-state index contributed by atoms with van der Waals surface area (Å²) in [4.78, 5) is 12.8. The van der Waals surface area contributed by atoms with Crippen LogP contribution in [-0.2, 0) is 11.3 Å². The van der Waals surface area contributed by atoms with Crippen molar-refractivity contribution in [1.29, 1.82) is 0 Å². The van der Waals surface area contributed by atoms with E-state index in [-0.39, 0.29) is 11.2 Å². The van der Waals surface area contributed by atoms with Crippen molar-refractivity contribution in [2.45, 2.75) is 44.6 Å². The lowest BCUT2D eigenvalue weighted by Gasteiger charge is -2.16. The summed E-state index contributed by atoms with van der Waals surface area (Å²) in [7, 11) is 1.64. The number of aryl methyl sites for hydroxylation is 2. The lowest BCUT2D eigenvalue weighted by Crippen LogP contribution is -2.23. The van der Waals surface area contributed by atoms with E-state index >= 15 is 0 Å². The van der Waals surface area contributed by atoms with Gasteiger partial charge in [0, 0.05) is 12.2 Å². The lowest BCUT2D eigenvalue weighted by molar-refractivity contribution is -0.115. The second kappa shape index (κ2) is 9.13. The van der Waals surface area contributed by atoms with Crippen molar-refractivity contribution in [2.75, 3.05) is 12.4 Å². The van der Waals surface area contributed by atoms with Gasteiger partial charge in [-0.15, -0.1) is 10.2 Å². The summed E-state index contributed by atoms with van der Waals surface area (Å²) in [5, 5.41) is 12.2. The Morgan fingerprint density at radius 2 is 1.83 bits per heavy atom. The number of nitrogens with one attached hydrogen (secondary N) is 1. The van der Waals surface area contributed by atoms with Gasteiger partial charge in [0.1, 0.15) is 5.75 Å². The van der Waals surface area contributed by atoms with Crippen molar-refractivity contribution in [3.63, 3.8) is 0 Å². The van der Waals surface area contributed by atoms with E-state index in [0.717, 1.165) is 34.0 Å². The number of para-hydroxylation sites is 2. The Bertz CT molecular complexity index is 996. The first-order valence-electron chi connectivity index (χ1n) is 9.56. The van der Waals surface area contributed by atoms with E-state index in [2.05, 4.69) is 15.5 Å². The van der Waals surface area contributed by atoms with Crippen LogP contribution in [0.5, 0.6) is 5.75 Å². The van der Waals surface area contributed by atoms with E-state index in [4.69, 9.17) is 4.74 Å². The van der Waals surface area contributed by atoms with Gasteiger partial charge in [0.2, 0.25) is 5.91 Å². The Morgan fingerprint density at radius 1 is 1.14 bits per heavy atom. The van der Waals surface area contributed by atoms with Crippen LogP contribution in [0.1, 0.15) is 25.0 Å². The zero-order chi connectivity index (χ0) is 21.0. The highest BCUT2D eigenvalue weighted by atomic mass is 32.2. The Labute approximate surface area is 175 Å². The normalized spacial score (nSPS) is 11.9. The molecule has 3 rings (SSSR count). The SMILES string of the molecule is CCn1c(S[C@H](C)C(=O)Nc2c(C)cccc2C)nnc1-c1ccccc1OC. The topological polar surface area (TPSA) is 69.0 Å². The van der Waals surface area contributed by atoms with Gasteiger partial charge in [-0.3, -0.25) is 4.79 Å². The number of rotatable bonds is 7. The summed E-state index contributed by atoms with van der Waals surface area (Å²) in [6.07, 6.45) is 0. The fourth-order valence-corrected chi connectivity index (χ4v) is 4.05. The molecule has 0 bridgehead atoms. The zero-order valence-electron chi connectivity index (χ0n) is 17.4. The third kappa shape index (κ3) is 4.45. The number of anilines is 1. The van der Waals surface area contributed by atoms with Gasteiger partial charge >= 0.3 is 0 Å². The Morgan fingerprint density at radius 3 is 2.48 bits per heavy atom. The number of nitrogens with zero attached hydrogens (tertiary/aromatic N) is 3. The Kier molecular flexibility index (Phi) is 6.59. The lowest BCUT2D eigenvalue weighted by atomic mass is 10.1. The number of thioether (sulfide) groups is 1. The summed E-state index contributed by atoms with van der Waals surface area (Å²) >= 11 is 1.40. The number of carbonyl (C=O) groups is 1. The van der Waals surface area contributed by atoms with Gasteiger partial charge in [0.15, 0.2) is 11.0 Å². The van der Waals surface area contributed by atoms with E-state index < -0.39 is 0 Å². The molecule has 0 fully saturated rings. The molecule has 0 unspecified atom stereocenters. The van der Waals surface area contributed by atoms with Gasteiger partial charge < -0.3 is 14.6 Å². The molecule has 7 heteroatoms. The summed E-state index contributed by atoms with van der Waals surface area (Å²) < 4.78 is 7.47. The van der Waals surface area contributed by atoms with E-state index in [1.807, 2.05) is 74.7 Å². The van der Waals surface area contributed by atoms with Crippen LogP contribution in [-0.4, -0.2) is 33.0 Å². The summed E-state index contributed by atoms with van der Waals surface area (Å²) in [5.41, 5.74) is 3.84. The molecule has 29 heavy (non-hydrogen) atoms. The maximum Gasteiger partial charge on any atom is 0.237 e. The van der Waals surface area contributed by atoms with Crippen molar-refractivity contribution in [3.8, 4) is 17.1 Å². The van der Waals surface area contributed by atoms with Crippen LogP contribution in [0, 0.1) is 13.8 Å². The minimum Gasteiger partial charge on any atom is -0.496 e. The summed E-state index contributed by atoms with van der Waals surface area (Å²) in [6.45, 7) is 8.59. The molecule has 1 amide bonds. The Hall–Kier alpha value is -2.80. The molecule has 0 spiro atoms. The van der Waals surface area contributed by atoms with Crippen molar-refractivity contribution in [1.82, 2.24) is 14.8 Å². The minimum atomic E-state index is -0.325. The average Bonchev–Trinajstić information content (AvgIpc) is 3.12. The number of carbonyl (C=O) groups excluding carboxylic acids is 1. The highest BCUT2D eigenvalue weighted by molar-refractivity contribution is 8.00. The van der Waals surface area contributed by atoms with Gasteiger partial charge in [-0.2, -0.15) is 0 Å². The molecule has 0 radical (unpaired) electrons. The van der Waals surface area contributed by atoms with Crippen LogP contribution >= 0.6 is 11.8 Å². The van der Waals surface area contributed by atoms with Crippen molar-refractivity contribution in [2.24, 2.45) is 0 Å². The number of aromatic nitrogens is 3. The quantitative estimate of drug-likeness (QED) is 0.571. The zero-order valence-corrected chi connectivity index (χ0v) is 18.2. The molecule has 0 aliphatic heterocycles. The van der Waals surface area contributed by atoms with Gasteiger partial charge in [0.05, 0.1) is 17.9 Å². The van der Waals surface area contributed by atoms with Crippen LogP contribution < -0.4 is 10.1 Å². The molecule has 0 aliphatic carbocycles. The number of benzene rings is 2. The standard InChI is InChI=1S/C22H26N4O2S/c1-6-26-20(17-12-7-8-13-18(17)28-5)24-25-22(26)29-16(4)21(27)23-19-14(2)10-9-11-15(19)3/h7-13,16H,6H2,1-5H3,(H,23,27)/t16-/m1/s1. The fraction of sp³-hybridized carbons (Fsp3) is 0.318. The van der Waals surface area contributed by atoms with Crippen molar-refractivity contribution in [3.05, 3.63) is 53.6 Å². The second-order valence-electron chi connectivity index (χ2n) is 6.77. The predicted molar refractivity (Wildman–Crippen MR) is 118 cm³/mol. The van der Waals surface area contributed by atoms with Crippen LogP contribution in [0.15, 0.2) is 47.6 Å². The maximum absolute atomic E-state index is 12.8. The first kappa shape index (κ1) is 20.9. The highest BCUT2D eigenvalue weighted by Crippen LogP contribution is 2.32. The first-order chi connectivity index (χ1) is 14.0. The number of ether oxygens (including phenoxy) is 1. The van der Waals surface area contributed by atoms with Crippen molar-refractivity contribution < 1.29 is 9.53 Å². The van der Waals surface area contributed by atoms with Gasteiger partial charge in [-0.05, 0) is 51.0 Å². The number of hydrogen-bond acceptors (Lipinski definition) is 5. The molecule has 0 saturated carbocycles. The van der Waals surface area contributed by atoms with Gasteiger partial charge in [-0.1, -0.05) is 42.1 Å². The Balaban J connectivity index is 1.81. The van der Waals surface area contributed by atoms with E-state index in [0.29, 0.717) is 11.7 Å². The highest BCUT2D eigenvalue weighted by Gasteiger charge is 2.22. The molecule has 0 aliphatic rings. The molecule has 1 heterocycles. The summed E-state index contributed by atoms with van der Waals surface area (Å²) in [6, 6.07) is 13.7. The third-order valence-electron chi connectivity index (χ3n) is 4.76. The third-order valence-corrected chi connectivity index (χ3v) is 5.84. The second-order valence-corrected chi connectivity index (χ2v) is 8.07. The first-order valence-corrected chi connectivity index (χ1v) is 10.4. The maximum atomic E-state index is 12.8. The summed E-state index contributed by atoms with van der Waals surface area (Å²) in [5.74, 6) is 1.42. The molecule has 0 saturated heterocycles. The molecule has 152 valence electrons. The predicted octanol–water partition coefficient (Wildman–Crippen LogP) is 4.71. The van der Waals surface area contributed by atoms with Crippen molar-refractivity contribution >= 4 is 23.4 Å². The monoisotopic (exact) mass is 410 g/mol. The smallest absolute Gasteiger partial charge is 0.237 e. The molecule has 2 aromatic carbocycles. The van der Waals surface area contributed by atoms with Crippen LogP contribution in [0.3, 0.4) is 0 Å². The molecular weight excluding hydrogens is 384 g/mol. The fourth-order valence-electron chi connectivity index (χ4n) is 3.14. The largest absolute Gasteiger partial charge is 0.496 e. The number of methoxy groups -OCH3 is 1. The number of amides is 1. The van der Waals surface area contributed by atoms with Crippen LogP contribution in [0.25, 0.3) is 11.4 Å². The van der Waals surface area contributed by atoms with E-state index in [1.54, 1.807) is 7.11 Å².